The maximum absolute atomic E-state index is 9.30. The van der Waals surface area contributed by atoms with Crippen molar-refractivity contribution in [3.63, 3.8) is 0 Å². The summed E-state index contributed by atoms with van der Waals surface area (Å²) in [5, 5.41) is 9.30. The van der Waals surface area contributed by atoms with E-state index in [1.807, 2.05) is 13.0 Å². The first-order chi connectivity index (χ1) is 5.27. The van der Waals surface area contributed by atoms with E-state index in [-0.39, 0.29) is 12.2 Å². The second-order valence-electron chi connectivity index (χ2n) is 2.66. The van der Waals surface area contributed by atoms with E-state index in [2.05, 4.69) is 6.58 Å². The highest BCUT2D eigenvalue weighted by Gasteiger charge is 2.21. The number of hydrogen-bond donors (Lipinski definition) is 1. The average molecular weight is 154 g/mol. The van der Waals surface area contributed by atoms with Crippen molar-refractivity contribution in [3.8, 4) is 0 Å². The van der Waals surface area contributed by atoms with Gasteiger partial charge in [0.25, 0.3) is 0 Å². The van der Waals surface area contributed by atoms with Crippen LogP contribution in [0.2, 0.25) is 0 Å². The van der Waals surface area contributed by atoms with Crippen molar-refractivity contribution in [3.05, 3.63) is 24.8 Å². The van der Waals surface area contributed by atoms with Crippen molar-refractivity contribution in [1.29, 1.82) is 0 Å². The first-order valence-electron chi connectivity index (χ1n) is 3.92. The minimum absolute atomic E-state index is 0.140. The molecular weight excluding hydrogens is 140 g/mol. The molecule has 3 atom stereocenters. The molecule has 1 heterocycles. The third-order valence-electron chi connectivity index (χ3n) is 1.83. The summed E-state index contributed by atoms with van der Waals surface area (Å²) in [6.07, 6.45) is 5.63. The molecule has 0 saturated heterocycles. The van der Waals surface area contributed by atoms with E-state index < -0.39 is 6.10 Å². The molecule has 0 bridgehead atoms. The summed E-state index contributed by atoms with van der Waals surface area (Å²) in [7, 11) is 0. The lowest BCUT2D eigenvalue weighted by molar-refractivity contribution is -0.0305. The molecule has 0 unspecified atom stereocenters. The predicted molar refractivity (Wildman–Crippen MR) is 44.3 cm³/mol. The van der Waals surface area contributed by atoms with Crippen LogP contribution < -0.4 is 0 Å². The molecule has 0 aromatic heterocycles. The van der Waals surface area contributed by atoms with Crippen LogP contribution in [0.25, 0.3) is 0 Å². The Morgan fingerprint density at radius 3 is 2.91 bits per heavy atom. The van der Waals surface area contributed by atoms with Gasteiger partial charge in [-0.1, -0.05) is 25.2 Å². The van der Waals surface area contributed by atoms with Crippen LogP contribution in [0.15, 0.2) is 24.8 Å². The summed E-state index contributed by atoms with van der Waals surface area (Å²) in [4.78, 5) is 0. The zero-order valence-corrected chi connectivity index (χ0v) is 6.73. The lowest BCUT2D eigenvalue weighted by atomic mass is 10.1. The molecule has 11 heavy (non-hydrogen) atoms. The smallest absolute Gasteiger partial charge is 0.106 e. The van der Waals surface area contributed by atoms with Gasteiger partial charge in [-0.2, -0.15) is 0 Å². The summed E-state index contributed by atoms with van der Waals surface area (Å²) in [5.74, 6) is 0. The predicted octanol–water partition coefficient (Wildman–Crippen LogP) is 1.27. The van der Waals surface area contributed by atoms with Crippen molar-refractivity contribution >= 4 is 0 Å². The quantitative estimate of drug-likeness (QED) is 0.607. The van der Waals surface area contributed by atoms with Gasteiger partial charge in [0.05, 0.1) is 6.10 Å². The van der Waals surface area contributed by atoms with Crippen LogP contribution in [0.1, 0.15) is 13.3 Å². The minimum atomic E-state index is -0.518. The lowest BCUT2D eigenvalue weighted by Crippen LogP contribution is -2.33. The summed E-state index contributed by atoms with van der Waals surface area (Å²) in [5.41, 5.74) is 0. The molecule has 1 aliphatic rings. The Balaban J connectivity index is 2.59. The van der Waals surface area contributed by atoms with Crippen molar-refractivity contribution in [2.45, 2.75) is 31.7 Å². The molecule has 2 nitrogen and oxygen atoms in total. The van der Waals surface area contributed by atoms with Crippen LogP contribution in [0.5, 0.6) is 0 Å². The highest BCUT2D eigenvalue weighted by Crippen LogP contribution is 2.15. The molecule has 0 spiro atoms. The van der Waals surface area contributed by atoms with E-state index in [1.54, 1.807) is 12.2 Å². The van der Waals surface area contributed by atoms with Crippen molar-refractivity contribution in [2.24, 2.45) is 0 Å². The van der Waals surface area contributed by atoms with Gasteiger partial charge in [0.1, 0.15) is 12.2 Å². The summed E-state index contributed by atoms with van der Waals surface area (Å²) in [6.45, 7) is 5.63. The number of ether oxygens (including phenoxy) is 1. The molecule has 0 aromatic carbocycles. The molecule has 1 aliphatic heterocycles. The van der Waals surface area contributed by atoms with Crippen molar-refractivity contribution in [2.75, 3.05) is 0 Å². The molecule has 0 aromatic rings. The second-order valence-corrected chi connectivity index (χ2v) is 2.66. The number of aliphatic hydroxyl groups excluding tert-OH is 1. The maximum Gasteiger partial charge on any atom is 0.106 e. The van der Waals surface area contributed by atoms with E-state index >= 15 is 0 Å². The molecule has 1 N–H and O–H groups in total. The first kappa shape index (κ1) is 8.50. The fraction of sp³-hybridized carbons (Fsp3) is 0.556. The van der Waals surface area contributed by atoms with E-state index in [1.165, 1.54) is 0 Å². The largest absolute Gasteiger partial charge is 0.386 e. The first-order valence-corrected chi connectivity index (χ1v) is 3.92. The molecule has 0 radical (unpaired) electrons. The molecule has 0 amide bonds. The summed E-state index contributed by atoms with van der Waals surface area (Å²) >= 11 is 0. The molecule has 62 valence electrons. The van der Waals surface area contributed by atoms with E-state index in [4.69, 9.17) is 4.74 Å². The highest BCUT2D eigenvalue weighted by molar-refractivity contribution is 5.06. The third-order valence-corrected chi connectivity index (χ3v) is 1.83. The lowest BCUT2D eigenvalue weighted by Gasteiger charge is -2.26. The van der Waals surface area contributed by atoms with Crippen LogP contribution in [0.4, 0.5) is 0 Å². The van der Waals surface area contributed by atoms with Gasteiger partial charge in [-0.3, -0.25) is 0 Å². The van der Waals surface area contributed by atoms with Gasteiger partial charge < -0.3 is 9.84 Å². The van der Waals surface area contributed by atoms with Gasteiger partial charge in [0.15, 0.2) is 0 Å². The number of hydrogen-bond acceptors (Lipinski definition) is 2. The maximum atomic E-state index is 9.30. The van der Waals surface area contributed by atoms with E-state index in [0.29, 0.717) is 0 Å². The van der Waals surface area contributed by atoms with Crippen LogP contribution in [-0.4, -0.2) is 23.4 Å². The van der Waals surface area contributed by atoms with Crippen LogP contribution in [-0.2, 0) is 4.74 Å². The Morgan fingerprint density at radius 2 is 2.36 bits per heavy atom. The van der Waals surface area contributed by atoms with Crippen LogP contribution >= 0.6 is 0 Å². The number of aliphatic hydroxyl groups is 1. The standard InChI is InChI=1S/C9H14O2/c1-3-7-5-6-8(10)9(4-2)11-7/h4-10H,2-3H2,1H3/t7-,8-,9-/m1/s1. The molecule has 2 heteroatoms. The average Bonchev–Trinajstić information content (AvgIpc) is 2.05. The topological polar surface area (TPSA) is 29.5 Å². The Morgan fingerprint density at radius 1 is 1.64 bits per heavy atom. The van der Waals surface area contributed by atoms with E-state index in [9.17, 15) is 5.11 Å². The fourth-order valence-electron chi connectivity index (χ4n) is 1.10. The third kappa shape index (κ3) is 1.91. The van der Waals surface area contributed by atoms with Crippen molar-refractivity contribution in [1.82, 2.24) is 0 Å². The fourth-order valence-corrected chi connectivity index (χ4v) is 1.10. The summed E-state index contributed by atoms with van der Waals surface area (Å²) < 4.78 is 5.44. The zero-order valence-electron chi connectivity index (χ0n) is 6.73. The van der Waals surface area contributed by atoms with Crippen LogP contribution in [0, 0.1) is 0 Å². The summed E-state index contributed by atoms with van der Waals surface area (Å²) in [6, 6.07) is 0. The Labute approximate surface area is 67.2 Å². The van der Waals surface area contributed by atoms with Gasteiger partial charge in [0.2, 0.25) is 0 Å². The molecule has 0 fully saturated rings. The Kier molecular flexibility index (Phi) is 2.85. The van der Waals surface area contributed by atoms with E-state index in [0.717, 1.165) is 6.42 Å². The van der Waals surface area contributed by atoms with Crippen molar-refractivity contribution < 1.29 is 9.84 Å². The highest BCUT2D eigenvalue weighted by atomic mass is 16.5. The van der Waals surface area contributed by atoms with Gasteiger partial charge in [-0.15, -0.1) is 6.58 Å². The van der Waals surface area contributed by atoms with Gasteiger partial charge in [-0.05, 0) is 6.42 Å². The monoisotopic (exact) mass is 154 g/mol. The van der Waals surface area contributed by atoms with Gasteiger partial charge in [0, 0.05) is 0 Å². The molecular formula is C9H14O2. The van der Waals surface area contributed by atoms with Gasteiger partial charge in [-0.25, -0.2) is 0 Å². The molecule has 0 aliphatic carbocycles. The second kappa shape index (κ2) is 3.69. The minimum Gasteiger partial charge on any atom is -0.386 e. The SMILES string of the molecule is C=C[C@H]1O[C@H](CC)C=C[C@H]1O. The number of rotatable bonds is 2. The normalized spacial score (nSPS) is 37.1. The Hall–Kier alpha value is -0.600. The molecule has 1 rings (SSSR count). The molecule has 0 saturated carbocycles. The van der Waals surface area contributed by atoms with Gasteiger partial charge >= 0.3 is 0 Å². The Bertz CT molecular complexity index is 163. The zero-order chi connectivity index (χ0) is 8.27. The van der Waals surface area contributed by atoms with Crippen LogP contribution in [0.3, 0.4) is 0 Å².